The van der Waals surface area contributed by atoms with Gasteiger partial charge in [0.1, 0.15) is 11.3 Å². The number of ketones is 1. The molecule has 126 valence electrons. The van der Waals surface area contributed by atoms with Crippen LogP contribution in [0.4, 0.5) is 0 Å². The fraction of sp³-hybridized carbons (Fsp3) is 0.222. The predicted molar refractivity (Wildman–Crippen MR) is 96.0 cm³/mol. The molecule has 0 N–H and O–H groups in total. The van der Waals surface area contributed by atoms with E-state index in [4.69, 9.17) is 21.1 Å². The van der Waals surface area contributed by atoms with Crippen molar-refractivity contribution in [2.45, 2.75) is 13.3 Å². The minimum atomic E-state index is -0.644. The predicted octanol–water partition coefficient (Wildman–Crippen LogP) is 4.93. The summed E-state index contributed by atoms with van der Waals surface area (Å²) in [5.41, 5.74) is 0.680. The number of rotatable bonds is 7. The van der Waals surface area contributed by atoms with Crippen LogP contribution in [-0.2, 0) is 4.74 Å². The first-order valence-electron chi connectivity index (χ1n) is 7.39. The average Bonchev–Trinajstić information content (AvgIpc) is 2.58. The van der Waals surface area contributed by atoms with E-state index in [0.717, 1.165) is 10.9 Å². The number of carbonyl (C=O) groups excluding carboxylic acids is 2. The molecule has 0 aliphatic heterocycles. The molecule has 2 aromatic carbocycles. The van der Waals surface area contributed by atoms with Crippen molar-refractivity contribution in [3.05, 3.63) is 63.1 Å². The van der Waals surface area contributed by atoms with Gasteiger partial charge in [0.2, 0.25) is 0 Å². The Labute approximate surface area is 153 Å². The van der Waals surface area contributed by atoms with Crippen molar-refractivity contribution in [3.8, 4) is 5.75 Å². The van der Waals surface area contributed by atoms with E-state index in [1.165, 1.54) is 6.07 Å². The molecule has 0 atom stereocenters. The van der Waals surface area contributed by atoms with Gasteiger partial charge in [0.15, 0.2) is 12.4 Å². The van der Waals surface area contributed by atoms with Crippen LogP contribution in [0.1, 0.15) is 34.1 Å². The van der Waals surface area contributed by atoms with Crippen molar-refractivity contribution in [2.75, 3.05) is 13.2 Å². The molecule has 0 unspecified atom stereocenters. The molecule has 2 aromatic rings. The van der Waals surface area contributed by atoms with Gasteiger partial charge in [0, 0.05) is 15.1 Å². The summed E-state index contributed by atoms with van der Waals surface area (Å²) in [6.45, 7) is 2.09. The van der Waals surface area contributed by atoms with Gasteiger partial charge in [-0.05, 0) is 36.8 Å². The number of Topliss-reactive ketones (excluding diaryl/α,β-unsaturated/α-hetero) is 1. The van der Waals surface area contributed by atoms with Crippen molar-refractivity contribution in [2.24, 2.45) is 0 Å². The number of hydrogen-bond acceptors (Lipinski definition) is 4. The molecule has 2 rings (SSSR count). The third kappa shape index (κ3) is 5.08. The van der Waals surface area contributed by atoms with Crippen molar-refractivity contribution in [1.29, 1.82) is 0 Å². The van der Waals surface area contributed by atoms with E-state index < -0.39 is 5.97 Å². The molecule has 0 fully saturated rings. The number of benzene rings is 2. The van der Waals surface area contributed by atoms with E-state index in [0.29, 0.717) is 22.9 Å². The Morgan fingerprint density at radius 1 is 1.12 bits per heavy atom. The highest BCUT2D eigenvalue weighted by Gasteiger charge is 2.17. The monoisotopic (exact) mass is 410 g/mol. The zero-order chi connectivity index (χ0) is 17.5. The largest absolute Gasteiger partial charge is 0.493 e. The van der Waals surface area contributed by atoms with Gasteiger partial charge >= 0.3 is 5.97 Å². The Balaban J connectivity index is 2.05. The Hall–Kier alpha value is -1.85. The lowest BCUT2D eigenvalue weighted by Gasteiger charge is -2.11. The lowest BCUT2D eigenvalue weighted by Crippen LogP contribution is -2.15. The van der Waals surface area contributed by atoms with Gasteiger partial charge in [0.25, 0.3) is 0 Å². The SMILES string of the molecule is CCCOc1ccc(Cl)cc1C(=O)OCC(=O)c1ccc(Br)cc1. The Kier molecular flexibility index (Phi) is 6.82. The maximum atomic E-state index is 12.3. The minimum Gasteiger partial charge on any atom is -0.493 e. The second-order valence-electron chi connectivity index (χ2n) is 5.00. The molecule has 0 bridgehead atoms. The highest BCUT2D eigenvalue weighted by molar-refractivity contribution is 9.10. The molecule has 6 heteroatoms. The van der Waals surface area contributed by atoms with Crippen LogP contribution < -0.4 is 4.74 Å². The summed E-state index contributed by atoms with van der Waals surface area (Å²) in [4.78, 5) is 24.3. The molecular weight excluding hydrogens is 396 g/mol. The average molecular weight is 412 g/mol. The summed E-state index contributed by atoms with van der Waals surface area (Å²) < 4.78 is 11.5. The Morgan fingerprint density at radius 2 is 1.83 bits per heavy atom. The minimum absolute atomic E-state index is 0.208. The van der Waals surface area contributed by atoms with Gasteiger partial charge in [0.05, 0.1) is 6.61 Å². The number of halogens is 2. The van der Waals surface area contributed by atoms with E-state index in [2.05, 4.69) is 15.9 Å². The van der Waals surface area contributed by atoms with E-state index in [-0.39, 0.29) is 18.0 Å². The number of esters is 1. The molecule has 0 saturated heterocycles. The van der Waals surface area contributed by atoms with Crippen molar-refractivity contribution in [1.82, 2.24) is 0 Å². The van der Waals surface area contributed by atoms with Gasteiger partial charge in [-0.25, -0.2) is 4.79 Å². The summed E-state index contributed by atoms with van der Waals surface area (Å²) in [5.74, 6) is -0.537. The number of hydrogen-bond donors (Lipinski definition) is 0. The Bertz CT molecular complexity index is 728. The second-order valence-corrected chi connectivity index (χ2v) is 6.35. The van der Waals surface area contributed by atoms with Crippen molar-refractivity contribution in [3.63, 3.8) is 0 Å². The van der Waals surface area contributed by atoms with Crippen molar-refractivity contribution < 1.29 is 19.1 Å². The zero-order valence-corrected chi connectivity index (χ0v) is 15.4. The van der Waals surface area contributed by atoms with E-state index >= 15 is 0 Å². The van der Waals surface area contributed by atoms with Crippen LogP contribution in [0.15, 0.2) is 46.9 Å². The summed E-state index contributed by atoms with van der Waals surface area (Å²) in [6.07, 6.45) is 0.805. The highest BCUT2D eigenvalue weighted by atomic mass is 79.9. The third-order valence-corrected chi connectivity index (χ3v) is 3.89. The molecule has 0 radical (unpaired) electrons. The third-order valence-electron chi connectivity index (χ3n) is 3.12. The maximum Gasteiger partial charge on any atom is 0.342 e. The van der Waals surface area contributed by atoms with Crippen LogP contribution in [0.2, 0.25) is 5.02 Å². The first kappa shape index (κ1) is 18.5. The zero-order valence-electron chi connectivity index (χ0n) is 13.1. The van der Waals surface area contributed by atoms with Gasteiger partial charge < -0.3 is 9.47 Å². The van der Waals surface area contributed by atoms with Crippen LogP contribution in [0.25, 0.3) is 0 Å². The maximum absolute atomic E-state index is 12.3. The standard InChI is InChI=1S/C18H16BrClO4/c1-2-9-23-17-8-7-14(20)10-15(17)18(22)24-11-16(21)12-3-5-13(19)6-4-12/h3-8,10H,2,9,11H2,1H3. The molecule has 0 aliphatic carbocycles. The fourth-order valence-electron chi connectivity index (χ4n) is 1.93. The number of carbonyl (C=O) groups is 2. The molecule has 0 aromatic heterocycles. The summed E-state index contributed by atoms with van der Waals surface area (Å²) in [5, 5.41) is 0.394. The molecule has 0 heterocycles. The lowest BCUT2D eigenvalue weighted by molar-refractivity contribution is 0.0470. The van der Waals surface area contributed by atoms with E-state index in [9.17, 15) is 9.59 Å². The summed E-state index contributed by atoms with van der Waals surface area (Å²) in [6, 6.07) is 11.6. The molecule has 0 aliphatic rings. The lowest BCUT2D eigenvalue weighted by atomic mass is 10.1. The summed E-state index contributed by atoms with van der Waals surface area (Å²) >= 11 is 9.23. The van der Waals surface area contributed by atoms with E-state index in [1.807, 2.05) is 6.92 Å². The normalized spacial score (nSPS) is 10.3. The van der Waals surface area contributed by atoms with Crippen LogP contribution in [0, 0.1) is 0 Å². The molecule has 0 spiro atoms. The quantitative estimate of drug-likeness (QED) is 0.479. The topological polar surface area (TPSA) is 52.6 Å². The van der Waals surface area contributed by atoms with Crippen LogP contribution >= 0.6 is 27.5 Å². The molecule has 0 saturated carbocycles. The van der Waals surface area contributed by atoms with Gasteiger partial charge in [-0.1, -0.05) is 46.6 Å². The van der Waals surface area contributed by atoms with Crippen LogP contribution in [0.3, 0.4) is 0 Å². The fourth-order valence-corrected chi connectivity index (χ4v) is 2.36. The highest BCUT2D eigenvalue weighted by Crippen LogP contribution is 2.24. The van der Waals surface area contributed by atoms with Gasteiger partial charge in [-0.3, -0.25) is 4.79 Å². The van der Waals surface area contributed by atoms with Gasteiger partial charge in [-0.15, -0.1) is 0 Å². The molecule has 4 nitrogen and oxygen atoms in total. The second kappa shape index (κ2) is 8.85. The van der Waals surface area contributed by atoms with E-state index in [1.54, 1.807) is 36.4 Å². The molecule has 24 heavy (non-hydrogen) atoms. The Morgan fingerprint density at radius 3 is 2.50 bits per heavy atom. The molecule has 0 amide bonds. The smallest absolute Gasteiger partial charge is 0.342 e. The van der Waals surface area contributed by atoms with Crippen LogP contribution in [-0.4, -0.2) is 25.0 Å². The van der Waals surface area contributed by atoms with Crippen LogP contribution in [0.5, 0.6) is 5.75 Å². The number of ether oxygens (including phenoxy) is 2. The molecular formula is C18H16BrClO4. The summed E-state index contributed by atoms with van der Waals surface area (Å²) in [7, 11) is 0. The first-order valence-corrected chi connectivity index (χ1v) is 8.56. The van der Waals surface area contributed by atoms with Gasteiger partial charge in [-0.2, -0.15) is 0 Å². The van der Waals surface area contributed by atoms with Crippen molar-refractivity contribution >= 4 is 39.3 Å². The first-order chi connectivity index (χ1) is 11.5.